The summed E-state index contributed by atoms with van der Waals surface area (Å²) in [7, 11) is -1.26. The number of benzene rings is 1. The van der Waals surface area contributed by atoms with E-state index in [0.717, 1.165) is 17.1 Å². The van der Waals surface area contributed by atoms with Crippen LogP contribution in [-0.4, -0.2) is 17.6 Å². The number of nitrogens with zero attached hydrogens (tertiary/aromatic N) is 2. The lowest BCUT2D eigenvalue weighted by Gasteiger charge is -2.17. The summed E-state index contributed by atoms with van der Waals surface area (Å²) in [6.45, 7) is 11.3. The summed E-state index contributed by atoms with van der Waals surface area (Å²) < 4.78 is 1.72. The minimum absolute atomic E-state index is 0.0178. The molecule has 0 aliphatic heterocycles. The fraction of sp³-hybridized carbons (Fsp3) is 0.375. The molecule has 0 atom stereocenters. The SMILES string of the molecule is Cc1cc(=O)n(Cc2ccc([Si](C)(C)C)cc2)c(C)n1. The molecule has 0 N–H and O–H groups in total. The molecule has 1 aromatic carbocycles. The molecule has 2 rings (SSSR count). The van der Waals surface area contributed by atoms with Gasteiger partial charge in [0.15, 0.2) is 0 Å². The first kappa shape index (κ1) is 14.7. The van der Waals surface area contributed by atoms with Gasteiger partial charge in [-0.3, -0.25) is 9.36 Å². The number of hydrogen-bond acceptors (Lipinski definition) is 2. The third-order valence-electron chi connectivity index (χ3n) is 3.49. The van der Waals surface area contributed by atoms with E-state index < -0.39 is 8.07 Å². The highest BCUT2D eigenvalue weighted by atomic mass is 28.3. The predicted octanol–water partition coefficient (Wildman–Crippen LogP) is 2.45. The van der Waals surface area contributed by atoms with Gasteiger partial charge in [-0.1, -0.05) is 49.1 Å². The summed E-state index contributed by atoms with van der Waals surface area (Å²) in [5.74, 6) is 0.768. The Labute approximate surface area is 121 Å². The van der Waals surface area contributed by atoms with Crippen molar-refractivity contribution in [3.63, 3.8) is 0 Å². The molecule has 0 bridgehead atoms. The molecule has 0 aliphatic rings. The molecule has 0 saturated heterocycles. The maximum atomic E-state index is 12.0. The van der Waals surface area contributed by atoms with E-state index in [2.05, 4.69) is 48.9 Å². The molecular formula is C16H22N2OSi. The van der Waals surface area contributed by atoms with E-state index in [4.69, 9.17) is 0 Å². The van der Waals surface area contributed by atoms with Crippen LogP contribution < -0.4 is 10.7 Å². The van der Waals surface area contributed by atoms with Gasteiger partial charge in [0.2, 0.25) is 0 Å². The molecule has 20 heavy (non-hydrogen) atoms. The Morgan fingerprint density at radius 3 is 2.20 bits per heavy atom. The number of aromatic nitrogens is 2. The Kier molecular flexibility index (Phi) is 3.95. The van der Waals surface area contributed by atoms with Gasteiger partial charge < -0.3 is 0 Å². The molecular weight excluding hydrogens is 264 g/mol. The van der Waals surface area contributed by atoms with Crippen molar-refractivity contribution in [2.45, 2.75) is 40.0 Å². The highest BCUT2D eigenvalue weighted by molar-refractivity contribution is 6.88. The van der Waals surface area contributed by atoms with Gasteiger partial charge in [-0.05, 0) is 19.4 Å². The fourth-order valence-corrected chi connectivity index (χ4v) is 3.42. The maximum absolute atomic E-state index is 12.0. The van der Waals surface area contributed by atoms with Crippen molar-refractivity contribution >= 4 is 13.3 Å². The minimum Gasteiger partial charge on any atom is -0.292 e. The predicted molar refractivity (Wildman–Crippen MR) is 86.5 cm³/mol. The highest BCUT2D eigenvalue weighted by Gasteiger charge is 2.15. The molecule has 1 aromatic heterocycles. The van der Waals surface area contributed by atoms with Crippen molar-refractivity contribution in [1.82, 2.24) is 9.55 Å². The minimum atomic E-state index is -1.26. The maximum Gasteiger partial charge on any atom is 0.254 e. The van der Waals surface area contributed by atoms with Crippen LogP contribution in [0.15, 0.2) is 35.1 Å². The molecule has 0 amide bonds. The first-order valence-electron chi connectivity index (χ1n) is 6.92. The van der Waals surface area contributed by atoms with Crippen LogP contribution in [0.3, 0.4) is 0 Å². The van der Waals surface area contributed by atoms with Gasteiger partial charge in [0.25, 0.3) is 5.56 Å². The topological polar surface area (TPSA) is 34.9 Å². The van der Waals surface area contributed by atoms with Crippen molar-refractivity contribution in [3.8, 4) is 0 Å². The summed E-state index contributed by atoms with van der Waals surface area (Å²) in [4.78, 5) is 16.4. The van der Waals surface area contributed by atoms with E-state index in [1.54, 1.807) is 10.6 Å². The van der Waals surface area contributed by atoms with E-state index in [1.807, 2.05) is 13.8 Å². The highest BCUT2D eigenvalue weighted by Crippen LogP contribution is 2.06. The van der Waals surface area contributed by atoms with Crippen molar-refractivity contribution in [1.29, 1.82) is 0 Å². The van der Waals surface area contributed by atoms with Crippen LogP contribution in [-0.2, 0) is 6.54 Å². The molecule has 0 unspecified atom stereocenters. The Hall–Kier alpha value is -1.68. The van der Waals surface area contributed by atoms with E-state index in [0.29, 0.717) is 6.54 Å². The van der Waals surface area contributed by atoms with E-state index in [9.17, 15) is 4.79 Å². The molecule has 4 heteroatoms. The third-order valence-corrected chi connectivity index (χ3v) is 5.55. The molecule has 0 fully saturated rings. The van der Waals surface area contributed by atoms with Crippen LogP contribution in [0.1, 0.15) is 17.1 Å². The van der Waals surface area contributed by atoms with Gasteiger partial charge >= 0.3 is 0 Å². The standard InChI is InChI=1S/C16H22N2OSi/c1-12-10-16(19)18(13(2)17-12)11-14-6-8-15(9-7-14)20(3,4)5/h6-10H,11H2,1-5H3. The van der Waals surface area contributed by atoms with Crippen molar-refractivity contribution in [2.24, 2.45) is 0 Å². The fourth-order valence-electron chi connectivity index (χ4n) is 2.25. The van der Waals surface area contributed by atoms with Crippen LogP contribution in [0.25, 0.3) is 0 Å². The molecule has 106 valence electrons. The van der Waals surface area contributed by atoms with Crippen molar-refractivity contribution in [3.05, 3.63) is 57.8 Å². The van der Waals surface area contributed by atoms with Crippen molar-refractivity contribution < 1.29 is 0 Å². The van der Waals surface area contributed by atoms with Crippen LogP contribution >= 0.6 is 0 Å². The molecule has 0 aliphatic carbocycles. The first-order valence-corrected chi connectivity index (χ1v) is 10.4. The second-order valence-corrected chi connectivity index (χ2v) is 11.4. The van der Waals surface area contributed by atoms with E-state index in [-0.39, 0.29) is 5.56 Å². The van der Waals surface area contributed by atoms with Crippen LogP contribution in [0.2, 0.25) is 19.6 Å². The van der Waals surface area contributed by atoms with Gasteiger partial charge in [-0.25, -0.2) is 4.98 Å². The lowest BCUT2D eigenvalue weighted by Crippen LogP contribution is -2.37. The average molecular weight is 286 g/mol. The largest absolute Gasteiger partial charge is 0.292 e. The van der Waals surface area contributed by atoms with Gasteiger partial charge in [-0.15, -0.1) is 0 Å². The molecule has 0 radical (unpaired) electrons. The zero-order valence-corrected chi connectivity index (χ0v) is 13.9. The lowest BCUT2D eigenvalue weighted by atomic mass is 10.2. The Morgan fingerprint density at radius 2 is 1.70 bits per heavy atom. The summed E-state index contributed by atoms with van der Waals surface area (Å²) in [5.41, 5.74) is 1.94. The molecule has 3 nitrogen and oxygen atoms in total. The lowest BCUT2D eigenvalue weighted by molar-refractivity contribution is 0.694. The Bertz CT molecular complexity index is 666. The van der Waals surface area contributed by atoms with E-state index >= 15 is 0 Å². The van der Waals surface area contributed by atoms with Crippen LogP contribution in [0.5, 0.6) is 0 Å². The monoisotopic (exact) mass is 286 g/mol. The molecule has 0 spiro atoms. The normalized spacial score (nSPS) is 11.7. The van der Waals surface area contributed by atoms with Crippen LogP contribution in [0, 0.1) is 13.8 Å². The Balaban J connectivity index is 2.30. The smallest absolute Gasteiger partial charge is 0.254 e. The van der Waals surface area contributed by atoms with Gasteiger partial charge in [0.1, 0.15) is 5.82 Å². The van der Waals surface area contributed by atoms with E-state index in [1.165, 1.54) is 5.19 Å². The molecule has 2 aromatic rings. The average Bonchev–Trinajstić information content (AvgIpc) is 2.33. The molecule has 1 heterocycles. The van der Waals surface area contributed by atoms with Crippen molar-refractivity contribution in [2.75, 3.05) is 0 Å². The second kappa shape index (κ2) is 5.36. The zero-order chi connectivity index (χ0) is 14.9. The third kappa shape index (κ3) is 3.25. The van der Waals surface area contributed by atoms with Crippen LogP contribution in [0.4, 0.5) is 0 Å². The first-order chi connectivity index (χ1) is 9.27. The molecule has 0 saturated carbocycles. The number of aryl methyl sites for hydroxylation is 2. The van der Waals surface area contributed by atoms with Gasteiger partial charge in [0, 0.05) is 11.8 Å². The summed E-state index contributed by atoms with van der Waals surface area (Å²) in [6, 6.07) is 10.2. The summed E-state index contributed by atoms with van der Waals surface area (Å²) >= 11 is 0. The summed E-state index contributed by atoms with van der Waals surface area (Å²) in [6.07, 6.45) is 0. The zero-order valence-electron chi connectivity index (χ0n) is 12.9. The van der Waals surface area contributed by atoms with Gasteiger partial charge in [0.05, 0.1) is 14.6 Å². The van der Waals surface area contributed by atoms with Gasteiger partial charge in [-0.2, -0.15) is 0 Å². The quantitative estimate of drug-likeness (QED) is 0.812. The number of rotatable bonds is 3. The second-order valence-electron chi connectivity index (χ2n) is 6.32. The summed E-state index contributed by atoms with van der Waals surface area (Å²) in [5, 5.41) is 1.44. The Morgan fingerprint density at radius 1 is 1.10 bits per heavy atom. The number of hydrogen-bond donors (Lipinski definition) is 0.